The lowest BCUT2D eigenvalue weighted by Gasteiger charge is -2.10. The van der Waals surface area contributed by atoms with Crippen molar-refractivity contribution in [2.45, 2.75) is 18.9 Å². The largest absolute Gasteiger partial charge is 0.481 e. The Morgan fingerprint density at radius 1 is 1.38 bits per heavy atom. The van der Waals surface area contributed by atoms with E-state index >= 15 is 0 Å². The van der Waals surface area contributed by atoms with Crippen molar-refractivity contribution >= 4 is 18.0 Å². The molecule has 0 aliphatic rings. The average molecular weight is 233 g/mol. The molecule has 0 aliphatic heterocycles. The lowest BCUT2D eigenvalue weighted by molar-refractivity contribution is -0.137. The van der Waals surface area contributed by atoms with Crippen molar-refractivity contribution in [3.05, 3.63) is 0 Å². The van der Waals surface area contributed by atoms with Gasteiger partial charge in [0, 0.05) is 6.42 Å². The van der Waals surface area contributed by atoms with E-state index in [9.17, 15) is 14.4 Å². The molecule has 0 heterocycles. The summed E-state index contributed by atoms with van der Waals surface area (Å²) in [6, 6.07) is -0.885. The minimum absolute atomic E-state index is 0.0489. The van der Waals surface area contributed by atoms with Gasteiger partial charge in [-0.3, -0.25) is 9.59 Å². The smallest absolute Gasteiger partial charge is 0.404 e. The molecule has 0 aromatic rings. The summed E-state index contributed by atoms with van der Waals surface area (Å²) >= 11 is 0. The van der Waals surface area contributed by atoms with Gasteiger partial charge in [-0.1, -0.05) is 0 Å². The second-order valence-corrected chi connectivity index (χ2v) is 3.00. The molecule has 0 aromatic heterocycles. The first kappa shape index (κ1) is 14.2. The fourth-order valence-electron chi connectivity index (χ4n) is 0.867. The van der Waals surface area contributed by atoms with Crippen LogP contribution < -0.4 is 16.8 Å². The number of carbonyl (C=O) groups excluding carboxylic acids is 2. The fourth-order valence-corrected chi connectivity index (χ4v) is 0.867. The monoisotopic (exact) mass is 233 g/mol. The van der Waals surface area contributed by atoms with Crippen molar-refractivity contribution in [2.75, 3.05) is 13.2 Å². The van der Waals surface area contributed by atoms with Gasteiger partial charge >= 0.3 is 12.1 Å². The number of carboxylic acid groups (broad SMARTS) is 1. The first-order valence-corrected chi connectivity index (χ1v) is 4.60. The molecule has 8 nitrogen and oxygen atoms in total. The van der Waals surface area contributed by atoms with Gasteiger partial charge in [0.25, 0.3) is 0 Å². The van der Waals surface area contributed by atoms with Crippen LogP contribution in [-0.2, 0) is 14.3 Å². The van der Waals surface area contributed by atoms with Crippen LogP contribution in [-0.4, -0.2) is 42.3 Å². The van der Waals surface area contributed by atoms with E-state index in [4.69, 9.17) is 10.8 Å². The summed E-state index contributed by atoms with van der Waals surface area (Å²) in [6.45, 7) is 0.0370. The number of carbonyl (C=O) groups is 3. The number of nitrogens with one attached hydrogen (secondary N) is 1. The minimum atomic E-state index is -1.01. The Morgan fingerprint density at radius 2 is 2.00 bits per heavy atom. The Hall–Kier alpha value is -1.83. The first-order chi connectivity index (χ1) is 7.43. The Morgan fingerprint density at radius 3 is 2.50 bits per heavy atom. The maximum Gasteiger partial charge on any atom is 0.404 e. The Bertz CT molecular complexity index is 268. The SMILES string of the molecule is NC(=O)OCCNC(=O)C(N)CCC(=O)O. The molecule has 1 atom stereocenters. The second-order valence-electron chi connectivity index (χ2n) is 3.00. The number of ether oxygens (including phenoxy) is 1. The van der Waals surface area contributed by atoms with Crippen molar-refractivity contribution < 1.29 is 24.2 Å². The molecule has 0 spiro atoms. The number of hydrogen-bond donors (Lipinski definition) is 4. The van der Waals surface area contributed by atoms with Crippen LogP contribution in [0.25, 0.3) is 0 Å². The third-order valence-corrected chi connectivity index (χ3v) is 1.65. The van der Waals surface area contributed by atoms with Gasteiger partial charge < -0.3 is 26.6 Å². The molecular formula is C8H15N3O5. The molecule has 0 bridgehead atoms. The van der Waals surface area contributed by atoms with E-state index in [-0.39, 0.29) is 26.0 Å². The van der Waals surface area contributed by atoms with Gasteiger partial charge in [-0.15, -0.1) is 0 Å². The van der Waals surface area contributed by atoms with Crippen LogP contribution in [0.5, 0.6) is 0 Å². The number of hydrogen-bond acceptors (Lipinski definition) is 5. The molecule has 0 aromatic carbocycles. The van der Waals surface area contributed by atoms with Crippen LogP contribution in [0.3, 0.4) is 0 Å². The summed E-state index contributed by atoms with van der Waals surface area (Å²) in [6.07, 6.45) is -1.05. The van der Waals surface area contributed by atoms with E-state index < -0.39 is 24.0 Å². The molecule has 0 aliphatic carbocycles. The van der Waals surface area contributed by atoms with E-state index in [0.29, 0.717) is 0 Å². The number of nitrogens with two attached hydrogens (primary N) is 2. The number of rotatable bonds is 7. The normalized spacial score (nSPS) is 11.6. The van der Waals surface area contributed by atoms with Crippen LogP contribution in [0.2, 0.25) is 0 Å². The third kappa shape index (κ3) is 7.56. The molecule has 2 amide bonds. The van der Waals surface area contributed by atoms with E-state index in [2.05, 4.69) is 15.8 Å². The van der Waals surface area contributed by atoms with Gasteiger partial charge in [-0.05, 0) is 6.42 Å². The molecular weight excluding hydrogens is 218 g/mol. The highest BCUT2D eigenvalue weighted by Crippen LogP contribution is 1.94. The molecule has 6 N–H and O–H groups in total. The van der Waals surface area contributed by atoms with Crippen LogP contribution in [0, 0.1) is 0 Å². The molecule has 0 saturated heterocycles. The Kier molecular flexibility index (Phi) is 6.61. The maximum atomic E-state index is 11.2. The molecule has 0 saturated carbocycles. The highest BCUT2D eigenvalue weighted by Gasteiger charge is 2.14. The Balaban J connectivity index is 3.62. The first-order valence-electron chi connectivity index (χ1n) is 4.60. The molecule has 0 fully saturated rings. The Labute approximate surface area is 91.9 Å². The zero-order valence-electron chi connectivity index (χ0n) is 8.64. The lowest BCUT2D eigenvalue weighted by atomic mass is 10.1. The van der Waals surface area contributed by atoms with Gasteiger partial charge in [0.1, 0.15) is 6.61 Å². The number of primary amides is 1. The van der Waals surface area contributed by atoms with E-state index in [1.807, 2.05) is 0 Å². The average Bonchev–Trinajstić information content (AvgIpc) is 2.20. The minimum Gasteiger partial charge on any atom is -0.481 e. The summed E-state index contributed by atoms with van der Waals surface area (Å²) < 4.78 is 4.36. The van der Waals surface area contributed by atoms with Crippen molar-refractivity contribution in [3.63, 3.8) is 0 Å². The van der Waals surface area contributed by atoms with Crippen molar-refractivity contribution in [1.29, 1.82) is 0 Å². The van der Waals surface area contributed by atoms with Crippen LogP contribution in [0.15, 0.2) is 0 Å². The summed E-state index contributed by atoms with van der Waals surface area (Å²) in [5.74, 6) is -1.50. The van der Waals surface area contributed by atoms with Crippen LogP contribution >= 0.6 is 0 Å². The van der Waals surface area contributed by atoms with Gasteiger partial charge in [-0.25, -0.2) is 4.79 Å². The highest BCUT2D eigenvalue weighted by molar-refractivity contribution is 5.82. The number of aliphatic carboxylic acids is 1. The molecule has 16 heavy (non-hydrogen) atoms. The van der Waals surface area contributed by atoms with Crippen molar-refractivity contribution in [2.24, 2.45) is 11.5 Å². The maximum absolute atomic E-state index is 11.2. The lowest BCUT2D eigenvalue weighted by Crippen LogP contribution is -2.42. The molecule has 0 radical (unpaired) electrons. The van der Waals surface area contributed by atoms with Crippen LogP contribution in [0.1, 0.15) is 12.8 Å². The molecule has 1 unspecified atom stereocenters. The predicted octanol–water partition coefficient (Wildman–Crippen LogP) is -1.61. The van der Waals surface area contributed by atoms with Gasteiger partial charge in [-0.2, -0.15) is 0 Å². The van der Waals surface area contributed by atoms with E-state index in [1.165, 1.54) is 0 Å². The quantitative estimate of drug-likeness (QED) is 0.389. The van der Waals surface area contributed by atoms with Crippen LogP contribution in [0.4, 0.5) is 4.79 Å². The van der Waals surface area contributed by atoms with Gasteiger partial charge in [0.2, 0.25) is 5.91 Å². The number of amides is 2. The number of carboxylic acids is 1. The highest BCUT2D eigenvalue weighted by atomic mass is 16.5. The molecule has 0 rings (SSSR count). The topological polar surface area (TPSA) is 145 Å². The summed E-state index contributed by atoms with van der Waals surface area (Å²) in [7, 11) is 0. The van der Waals surface area contributed by atoms with Crippen molar-refractivity contribution in [1.82, 2.24) is 5.32 Å². The van der Waals surface area contributed by atoms with Gasteiger partial charge in [0.05, 0.1) is 12.6 Å². The summed E-state index contributed by atoms with van der Waals surface area (Å²) in [5.41, 5.74) is 10.1. The van der Waals surface area contributed by atoms with E-state index in [1.54, 1.807) is 0 Å². The fraction of sp³-hybridized carbons (Fsp3) is 0.625. The van der Waals surface area contributed by atoms with E-state index in [0.717, 1.165) is 0 Å². The second kappa shape index (κ2) is 7.46. The zero-order valence-corrected chi connectivity index (χ0v) is 8.64. The summed E-state index contributed by atoms with van der Waals surface area (Å²) in [4.78, 5) is 31.6. The van der Waals surface area contributed by atoms with Gasteiger partial charge in [0.15, 0.2) is 0 Å². The van der Waals surface area contributed by atoms with Crippen molar-refractivity contribution in [3.8, 4) is 0 Å². The zero-order chi connectivity index (χ0) is 12.6. The third-order valence-electron chi connectivity index (χ3n) is 1.65. The summed E-state index contributed by atoms with van der Waals surface area (Å²) in [5, 5.41) is 10.7. The molecule has 92 valence electrons. The standard InChI is InChI=1S/C8H15N3O5/c9-5(1-2-6(12)13)7(14)11-3-4-16-8(10)15/h5H,1-4,9H2,(H2,10,15)(H,11,14)(H,12,13). The predicted molar refractivity (Wildman–Crippen MR) is 53.4 cm³/mol. The molecule has 8 heteroatoms.